The predicted molar refractivity (Wildman–Crippen MR) is 112 cm³/mol. The van der Waals surface area contributed by atoms with E-state index in [1.807, 2.05) is 42.3 Å². The third-order valence-electron chi connectivity index (χ3n) is 5.26. The summed E-state index contributed by atoms with van der Waals surface area (Å²) >= 11 is 0. The number of piperazine rings is 1. The molecule has 1 aliphatic heterocycles. The zero-order chi connectivity index (χ0) is 20.2. The molecule has 0 bridgehead atoms. The first-order chi connectivity index (χ1) is 14.1. The third-order valence-corrected chi connectivity index (χ3v) is 5.26. The summed E-state index contributed by atoms with van der Waals surface area (Å²) in [4.78, 5) is 16.7. The second-order valence-electron chi connectivity index (χ2n) is 7.51. The maximum Gasteiger partial charge on any atom is 0.223 e. The van der Waals surface area contributed by atoms with Gasteiger partial charge in [0.15, 0.2) is 11.6 Å². The van der Waals surface area contributed by atoms with Crippen molar-refractivity contribution in [1.29, 1.82) is 0 Å². The molecular formula is C22H26N6O. The van der Waals surface area contributed by atoms with Crippen molar-refractivity contribution in [3.8, 4) is 5.82 Å². The van der Waals surface area contributed by atoms with Gasteiger partial charge in [0.05, 0.1) is 5.69 Å². The molecular weight excluding hydrogens is 364 g/mol. The van der Waals surface area contributed by atoms with Crippen LogP contribution in [0.5, 0.6) is 0 Å². The van der Waals surface area contributed by atoms with Crippen LogP contribution in [0.2, 0.25) is 0 Å². The number of hydrogen-bond donors (Lipinski definition) is 0. The van der Waals surface area contributed by atoms with E-state index in [1.54, 1.807) is 4.68 Å². The van der Waals surface area contributed by atoms with E-state index in [9.17, 15) is 4.79 Å². The first kappa shape index (κ1) is 19.1. The first-order valence-corrected chi connectivity index (χ1v) is 10.0. The summed E-state index contributed by atoms with van der Waals surface area (Å²) in [5, 5.41) is 13.0. The number of carbonyl (C=O) groups is 1. The molecule has 0 aliphatic carbocycles. The van der Waals surface area contributed by atoms with Crippen LogP contribution in [0, 0.1) is 13.8 Å². The van der Waals surface area contributed by atoms with Gasteiger partial charge >= 0.3 is 0 Å². The van der Waals surface area contributed by atoms with Crippen molar-refractivity contribution in [1.82, 2.24) is 24.9 Å². The number of anilines is 1. The van der Waals surface area contributed by atoms with E-state index < -0.39 is 0 Å². The molecule has 3 heterocycles. The number of aryl methyl sites for hydroxylation is 3. The Morgan fingerprint density at radius 3 is 2.38 bits per heavy atom. The van der Waals surface area contributed by atoms with Gasteiger partial charge in [0, 0.05) is 38.8 Å². The number of rotatable bonds is 5. The molecule has 29 heavy (non-hydrogen) atoms. The van der Waals surface area contributed by atoms with Crippen LogP contribution in [0.3, 0.4) is 0 Å². The molecule has 1 aromatic carbocycles. The number of benzene rings is 1. The molecule has 3 aromatic rings. The summed E-state index contributed by atoms with van der Waals surface area (Å²) in [5.74, 6) is 1.76. The summed E-state index contributed by atoms with van der Waals surface area (Å²) in [7, 11) is 0. The van der Waals surface area contributed by atoms with Crippen LogP contribution in [0.1, 0.15) is 23.2 Å². The molecule has 0 spiro atoms. The normalized spacial score (nSPS) is 14.3. The van der Waals surface area contributed by atoms with Crippen LogP contribution in [0.4, 0.5) is 5.82 Å². The van der Waals surface area contributed by atoms with Crippen molar-refractivity contribution in [2.24, 2.45) is 0 Å². The molecule has 0 atom stereocenters. The Kier molecular flexibility index (Phi) is 5.55. The smallest absolute Gasteiger partial charge is 0.223 e. The Hall–Kier alpha value is -3.22. The Morgan fingerprint density at radius 2 is 1.72 bits per heavy atom. The van der Waals surface area contributed by atoms with Crippen molar-refractivity contribution in [3.63, 3.8) is 0 Å². The SMILES string of the molecule is Cc1cccc(CCC(=O)N2CCN(c3ccc(-n4ccc(C)n4)nn3)CC2)c1. The summed E-state index contributed by atoms with van der Waals surface area (Å²) in [6.07, 6.45) is 3.22. The maximum atomic E-state index is 12.6. The minimum Gasteiger partial charge on any atom is -0.352 e. The highest BCUT2D eigenvalue weighted by molar-refractivity contribution is 5.76. The highest BCUT2D eigenvalue weighted by atomic mass is 16.2. The van der Waals surface area contributed by atoms with Crippen molar-refractivity contribution in [2.75, 3.05) is 31.1 Å². The van der Waals surface area contributed by atoms with Gasteiger partial charge in [-0.25, -0.2) is 4.68 Å². The molecule has 0 radical (unpaired) electrons. The van der Waals surface area contributed by atoms with E-state index in [0.29, 0.717) is 25.3 Å². The minimum absolute atomic E-state index is 0.224. The van der Waals surface area contributed by atoms with E-state index in [4.69, 9.17) is 0 Å². The Bertz CT molecular complexity index is 973. The fraction of sp³-hybridized carbons (Fsp3) is 0.364. The average Bonchev–Trinajstić information content (AvgIpc) is 3.19. The standard InChI is InChI=1S/C22H26N6O/c1-17-4-3-5-19(16-17)6-9-22(29)27-14-12-26(13-15-27)20-7-8-21(24-23-20)28-11-10-18(2)25-28/h3-5,7-8,10-11,16H,6,9,12-15H2,1-2H3. The number of carbonyl (C=O) groups excluding carboxylic acids is 1. The zero-order valence-corrected chi connectivity index (χ0v) is 17.0. The Morgan fingerprint density at radius 1 is 0.966 bits per heavy atom. The van der Waals surface area contributed by atoms with Gasteiger partial charge in [-0.1, -0.05) is 29.8 Å². The predicted octanol–water partition coefficient (Wildman–Crippen LogP) is 2.56. The fourth-order valence-corrected chi connectivity index (χ4v) is 3.61. The van der Waals surface area contributed by atoms with Crippen LogP contribution < -0.4 is 4.90 Å². The Balaban J connectivity index is 1.29. The molecule has 4 rings (SSSR count). The van der Waals surface area contributed by atoms with Crippen LogP contribution in [-0.2, 0) is 11.2 Å². The molecule has 150 valence electrons. The van der Waals surface area contributed by atoms with Gasteiger partial charge in [-0.05, 0) is 44.0 Å². The third kappa shape index (κ3) is 4.62. The van der Waals surface area contributed by atoms with Crippen LogP contribution in [0.15, 0.2) is 48.7 Å². The lowest BCUT2D eigenvalue weighted by atomic mass is 10.1. The van der Waals surface area contributed by atoms with Crippen molar-refractivity contribution in [2.45, 2.75) is 26.7 Å². The summed E-state index contributed by atoms with van der Waals surface area (Å²) in [5.41, 5.74) is 3.40. The molecule has 0 saturated carbocycles. The van der Waals surface area contributed by atoms with Gasteiger partial charge in [0.1, 0.15) is 0 Å². The quantitative estimate of drug-likeness (QED) is 0.670. The molecule has 1 fully saturated rings. The zero-order valence-electron chi connectivity index (χ0n) is 17.0. The van der Waals surface area contributed by atoms with Gasteiger partial charge in [-0.3, -0.25) is 4.79 Å². The van der Waals surface area contributed by atoms with E-state index in [0.717, 1.165) is 31.0 Å². The summed E-state index contributed by atoms with van der Waals surface area (Å²) < 4.78 is 1.72. The second kappa shape index (κ2) is 8.43. The number of nitrogens with zero attached hydrogens (tertiary/aromatic N) is 6. The van der Waals surface area contributed by atoms with Gasteiger partial charge in [0.25, 0.3) is 0 Å². The first-order valence-electron chi connectivity index (χ1n) is 10.0. The fourth-order valence-electron chi connectivity index (χ4n) is 3.61. The van der Waals surface area contributed by atoms with Crippen molar-refractivity contribution < 1.29 is 4.79 Å². The van der Waals surface area contributed by atoms with Gasteiger partial charge in [-0.15, -0.1) is 10.2 Å². The highest BCUT2D eigenvalue weighted by Gasteiger charge is 2.22. The molecule has 0 N–H and O–H groups in total. The van der Waals surface area contributed by atoms with Crippen LogP contribution >= 0.6 is 0 Å². The van der Waals surface area contributed by atoms with E-state index in [1.165, 1.54) is 11.1 Å². The van der Waals surface area contributed by atoms with Gasteiger partial charge in [0.2, 0.25) is 5.91 Å². The lowest BCUT2D eigenvalue weighted by Gasteiger charge is -2.35. The monoisotopic (exact) mass is 390 g/mol. The summed E-state index contributed by atoms with van der Waals surface area (Å²) in [6.45, 7) is 7.00. The maximum absolute atomic E-state index is 12.6. The number of hydrogen-bond acceptors (Lipinski definition) is 5. The van der Waals surface area contributed by atoms with E-state index in [2.05, 4.69) is 45.3 Å². The lowest BCUT2D eigenvalue weighted by Crippen LogP contribution is -2.49. The summed E-state index contributed by atoms with van der Waals surface area (Å²) in [6, 6.07) is 14.2. The average molecular weight is 390 g/mol. The molecule has 7 heteroatoms. The Labute approximate surface area is 171 Å². The molecule has 2 aromatic heterocycles. The molecule has 7 nitrogen and oxygen atoms in total. The van der Waals surface area contributed by atoms with Gasteiger partial charge < -0.3 is 9.80 Å². The van der Waals surface area contributed by atoms with Crippen LogP contribution in [0.25, 0.3) is 5.82 Å². The number of amides is 1. The van der Waals surface area contributed by atoms with Crippen molar-refractivity contribution in [3.05, 3.63) is 65.5 Å². The molecule has 0 unspecified atom stereocenters. The van der Waals surface area contributed by atoms with Crippen molar-refractivity contribution >= 4 is 11.7 Å². The molecule has 1 saturated heterocycles. The topological polar surface area (TPSA) is 67.2 Å². The molecule has 1 amide bonds. The highest BCUT2D eigenvalue weighted by Crippen LogP contribution is 2.15. The lowest BCUT2D eigenvalue weighted by molar-refractivity contribution is -0.131. The number of aromatic nitrogens is 4. The van der Waals surface area contributed by atoms with E-state index in [-0.39, 0.29) is 5.91 Å². The minimum atomic E-state index is 0.224. The van der Waals surface area contributed by atoms with E-state index >= 15 is 0 Å². The second-order valence-corrected chi connectivity index (χ2v) is 7.51. The molecule has 1 aliphatic rings. The largest absolute Gasteiger partial charge is 0.352 e. The van der Waals surface area contributed by atoms with Crippen LogP contribution in [-0.4, -0.2) is 57.0 Å². The van der Waals surface area contributed by atoms with Gasteiger partial charge in [-0.2, -0.15) is 5.10 Å².